The van der Waals surface area contributed by atoms with Crippen molar-refractivity contribution in [3.05, 3.63) is 88.7 Å². The summed E-state index contributed by atoms with van der Waals surface area (Å²) in [6.07, 6.45) is 1.88. The fourth-order valence-corrected chi connectivity index (χ4v) is 4.23. The van der Waals surface area contributed by atoms with E-state index in [1.165, 1.54) is 0 Å². The van der Waals surface area contributed by atoms with Crippen LogP contribution in [0.2, 0.25) is 0 Å². The summed E-state index contributed by atoms with van der Waals surface area (Å²) in [4.78, 5) is 2.34. The summed E-state index contributed by atoms with van der Waals surface area (Å²) in [7, 11) is 0. The predicted octanol–water partition coefficient (Wildman–Crippen LogP) is 5.95. The largest absolute Gasteiger partial charge is 0.488 e. The van der Waals surface area contributed by atoms with E-state index >= 15 is 4.39 Å². The number of halogens is 1. The molecule has 3 heteroatoms. The van der Waals surface area contributed by atoms with E-state index in [-0.39, 0.29) is 5.82 Å². The molecule has 149 valence electrons. The van der Waals surface area contributed by atoms with Gasteiger partial charge in [0.25, 0.3) is 0 Å². The lowest BCUT2D eigenvalue weighted by Gasteiger charge is -2.32. The number of hydrogen-bond acceptors (Lipinski definition) is 2. The maximum atomic E-state index is 15.5. The molecule has 0 aliphatic carbocycles. The Kier molecular flexibility index (Phi) is 5.96. The molecule has 4 rings (SSSR count). The van der Waals surface area contributed by atoms with E-state index in [1.54, 1.807) is 0 Å². The number of rotatable bonds is 6. The van der Waals surface area contributed by atoms with Crippen molar-refractivity contribution >= 4 is 0 Å². The first-order chi connectivity index (χ1) is 14.2. The third-order valence-corrected chi connectivity index (χ3v) is 5.67. The van der Waals surface area contributed by atoms with Gasteiger partial charge in [-0.25, -0.2) is 4.39 Å². The molecule has 0 fully saturated rings. The van der Waals surface area contributed by atoms with E-state index in [9.17, 15) is 0 Å². The molecule has 0 spiro atoms. The summed E-state index contributed by atoms with van der Waals surface area (Å²) in [6, 6.07) is 20.9. The van der Waals surface area contributed by atoms with Crippen molar-refractivity contribution < 1.29 is 9.13 Å². The van der Waals surface area contributed by atoms with E-state index in [1.807, 2.05) is 49.4 Å². The molecule has 3 aromatic carbocycles. The molecule has 3 aromatic rings. The zero-order valence-corrected chi connectivity index (χ0v) is 17.2. The molecule has 0 saturated heterocycles. The van der Waals surface area contributed by atoms with Crippen molar-refractivity contribution in [3.8, 4) is 16.9 Å². The third kappa shape index (κ3) is 4.06. The van der Waals surface area contributed by atoms with Crippen LogP contribution in [-0.2, 0) is 19.6 Å². The molecule has 0 N–H and O–H groups in total. The number of benzene rings is 3. The van der Waals surface area contributed by atoms with Crippen LogP contribution in [0.5, 0.6) is 5.75 Å². The van der Waals surface area contributed by atoms with Crippen molar-refractivity contribution in [2.75, 3.05) is 13.1 Å². The molecular formula is C26H27FNO. The van der Waals surface area contributed by atoms with Gasteiger partial charge in [0, 0.05) is 29.8 Å². The van der Waals surface area contributed by atoms with Gasteiger partial charge in [-0.15, -0.1) is 0 Å². The van der Waals surface area contributed by atoms with Gasteiger partial charge in [0.15, 0.2) is 0 Å². The summed E-state index contributed by atoms with van der Waals surface area (Å²) in [5.41, 5.74) is 5.45. The average Bonchev–Trinajstić information content (AvgIpc) is 2.77. The molecule has 1 heterocycles. The van der Waals surface area contributed by atoms with Gasteiger partial charge in [-0.3, -0.25) is 4.90 Å². The van der Waals surface area contributed by atoms with Crippen LogP contribution in [0.1, 0.15) is 35.6 Å². The van der Waals surface area contributed by atoms with Gasteiger partial charge in [-0.2, -0.15) is 0 Å². The highest BCUT2D eigenvalue weighted by Crippen LogP contribution is 2.42. The predicted molar refractivity (Wildman–Crippen MR) is 115 cm³/mol. The minimum absolute atomic E-state index is 0.0873. The fourth-order valence-electron chi connectivity index (χ4n) is 4.23. The first-order valence-corrected chi connectivity index (χ1v) is 10.4. The standard InChI is InChI=1S/C26H27FNO/c1-3-15-28-16-14-22-23(17-28)25(27)19(2)24(21-12-8-5-9-13-21)26(22)29-18-20-10-6-4-7-11-20/h4,6-13H,3,14-18H2,1-2H3. The zero-order valence-electron chi connectivity index (χ0n) is 17.2. The lowest BCUT2D eigenvalue weighted by Crippen LogP contribution is -2.32. The number of nitrogens with zero attached hydrogens (tertiary/aromatic N) is 1. The topological polar surface area (TPSA) is 12.5 Å². The molecule has 0 bridgehead atoms. The Morgan fingerprint density at radius 1 is 1.07 bits per heavy atom. The van der Waals surface area contributed by atoms with Crippen LogP contribution >= 0.6 is 0 Å². The van der Waals surface area contributed by atoms with Crippen LogP contribution in [0.25, 0.3) is 11.1 Å². The van der Waals surface area contributed by atoms with E-state index in [4.69, 9.17) is 4.74 Å². The van der Waals surface area contributed by atoms with Crippen LogP contribution < -0.4 is 4.74 Å². The van der Waals surface area contributed by atoms with Crippen LogP contribution in [0.4, 0.5) is 4.39 Å². The summed E-state index contributed by atoms with van der Waals surface area (Å²) < 4.78 is 21.9. The SMILES string of the molecule is CCCN1CCc2c(c(F)c(C)c(-c3cc[c]cc3)c2OCc2ccccc2)C1. The highest BCUT2D eigenvalue weighted by molar-refractivity contribution is 5.77. The van der Waals surface area contributed by atoms with E-state index in [0.717, 1.165) is 59.5 Å². The van der Waals surface area contributed by atoms with Crippen LogP contribution in [0, 0.1) is 18.8 Å². The molecule has 0 saturated carbocycles. The normalized spacial score (nSPS) is 13.9. The van der Waals surface area contributed by atoms with Gasteiger partial charge in [-0.05, 0) is 49.1 Å². The quantitative estimate of drug-likeness (QED) is 0.517. The molecule has 0 amide bonds. The third-order valence-electron chi connectivity index (χ3n) is 5.67. The minimum atomic E-state index is -0.0873. The first-order valence-electron chi connectivity index (χ1n) is 10.4. The Balaban J connectivity index is 1.81. The molecule has 1 aliphatic heterocycles. The number of fused-ring (bicyclic) bond motifs is 1. The second-order valence-electron chi connectivity index (χ2n) is 7.69. The molecular weight excluding hydrogens is 361 g/mol. The Morgan fingerprint density at radius 3 is 2.55 bits per heavy atom. The van der Waals surface area contributed by atoms with Gasteiger partial charge in [0.1, 0.15) is 18.2 Å². The van der Waals surface area contributed by atoms with Crippen molar-refractivity contribution in [3.63, 3.8) is 0 Å². The Morgan fingerprint density at radius 2 is 1.83 bits per heavy atom. The molecule has 0 aromatic heterocycles. The van der Waals surface area contributed by atoms with Crippen molar-refractivity contribution in [2.24, 2.45) is 0 Å². The Labute approximate surface area is 172 Å². The van der Waals surface area contributed by atoms with E-state index in [0.29, 0.717) is 18.7 Å². The summed E-state index contributed by atoms with van der Waals surface area (Å²) >= 11 is 0. The van der Waals surface area contributed by atoms with Crippen molar-refractivity contribution in [2.45, 2.75) is 39.8 Å². The van der Waals surface area contributed by atoms with Crippen LogP contribution in [-0.4, -0.2) is 18.0 Å². The fraction of sp³-hybridized carbons (Fsp3) is 0.308. The minimum Gasteiger partial charge on any atom is -0.488 e. The lowest BCUT2D eigenvalue weighted by molar-refractivity contribution is 0.241. The molecule has 2 nitrogen and oxygen atoms in total. The van der Waals surface area contributed by atoms with E-state index < -0.39 is 0 Å². The summed E-state index contributed by atoms with van der Waals surface area (Å²) in [5, 5.41) is 0. The molecule has 29 heavy (non-hydrogen) atoms. The van der Waals surface area contributed by atoms with Gasteiger partial charge >= 0.3 is 0 Å². The van der Waals surface area contributed by atoms with Gasteiger partial charge in [0.2, 0.25) is 0 Å². The van der Waals surface area contributed by atoms with Gasteiger partial charge in [-0.1, -0.05) is 61.5 Å². The van der Waals surface area contributed by atoms with Gasteiger partial charge < -0.3 is 4.74 Å². The highest BCUT2D eigenvalue weighted by atomic mass is 19.1. The van der Waals surface area contributed by atoms with Crippen molar-refractivity contribution in [1.29, 1.82) is 0 Å². The maximum Gasteiger partial charge on any atom is 0.131 e. The number of hydrogen-bond donors (Lipinski definition) is 0. The van der Waals surface area contributed by atoms with Crippen LogP contribution in [0.3, 0.4) is 0 Å². The average molecular weight is 389 g/mol. The Hall–Kier alpha value is -2.65. The summed E-state index contributed by atoms with van der Waals surface area (Å²) in [5.74, 6) is 0.751. The maximum absolute atomic E-state index is 15.5. The molecule has 0 unspecified atom stereocenters. The number of ether oxygens (including phenoxy) is 1. The smallest absolute Gasteiger partial charge is 0.131 e. The molecule has 1 radical (unpaired) electrons. The molecule has 0 atom stereocenters. The molecule has 1 aliphatic rings. The Bertz CT molecular complexity index is 969. The lowest BCUT2D eigenvalue weighted by atomic mass is 9.88. The van der Waals surface area contributed by atoms with E-state index in [2.05, 4.69) is 30.0 Å². The van der Waals surface area contributed by atoms with Crippen LogP contribution in [0.15, 0.2) is 54.6 Å². The monoisotopic (exact) mass is 388 g/mol. The zero-order chi connectivity index (χ0) is 20.2. The van der Waals surface area contributed by atoms with Gasteiger partial charge in [0.05, 0.1) is 0 Å². The second-order valence-corrected chi connectivity index (χ2v) is 7.69. The van der Waals surface area contributed by atoms with Crippen molar-refractivity contribution in [1.82, 2.24) is 4.90 Å². The second kappa shape index (κ2) is 8.79. The summed E-state index contributed by atoms with van der Waals surface area (Å²) in [6.45, 7) is 7.10. The highest BCUT2D eigenvalue weighted by Gasteiger charge is 2.28. The first kappa shape index (κ1) is 19.7.